The zero-order valence-electron chi connectivity index (χ0n) is 10.6. The van der Waals surface area contributed by atoms with Crippen LogP contribution >= 0.6 is 0 Å². The molecule has 106 valence electrons. The highest BCUT2D eigenvalue weighted by Gasteiger charge is 2.36. The maximum Gasteiger partial charge on any atom is 0.240 e. The Morgan fingerprint density at radius 3 is 2.63 bits per heavy atom. The van der Waals surface area contributed by atoms with Gasteiger partial charge in [-0.15, -0.1) is 0 Å². The van der Waals surface area contributed by atoms with Crippen molar-refractivity contribution in [3.8, 4) is 5.75 Å². The topological polar surface area (TPSA) is 84.9 Å². The van der Waals surface area contributed by atoms with Gasteiger partial charge in [-0.3, -0.25) is 0 Å². The molecule has 1 saturated heterocycles. The lowest BCUT2D eigenvalue weighted by Crippen LogP contribution is -2.44. The largest absolute Gasteiger partial charge is 0.508 e. The van der Waals surface area contributed by atoms with Crippen LogP contribution in [0.3, 0.4) is 0 Å². The van der Waals surface area contributed by atoms with Gasteiger partial charge < -0.3 is 14.6 Å². The summed E-state index contributed by atoms with van der Waals surface area (Å²) in [4.78, 5) is 0.107. The van der Waals surface area contributed by atoms with E-state index in [2.05, 4.69) is 4.72 Å². The average Bonchev–Trinajstić information content (AvgIpc) is 2.87. The molecule has 0 bridgehead atoms. The Hall–Kier alpha value is -1.15. The lowest BCUT2D eigenvalue weighted by atomic mass is 10.0. The molecule has 1 aliphatic rings. The van der Waals surface area contributed by atoms with Crippen molar-refractivity contribution in [3.63, 3.8) is 0 Å². The Kier molecular flexibility index (Phi) is 4.10. The van der Waals surface area contributed by atoms with Crippen molar-refractivity contribution in [1.29, 1.82) is 0 Å². The molecule has 1 fully saturated rings. The fourth-order valence-electron chi connectivity index (χ4n) is 1.90. The third-order valence-corrected chi connectivity index (χ3v) is 4.65. The average molecular weight is 287 g/mol. The molecule has 1 aromatic carbocycles. The molecular formula is C12H17NO5S. The first-order chi connectivity index (χ1) is 8.97. The Balaban J connectivity index is 2.07. The summed E-state index contributed by atoms with van der Waals surface area (Å²) in [5.74, 6) is 0.0245. The molecule has 19 heavy (non-hydrogen) atoms. The normalized spacial score (nSPS) is 23.6. The first-order valence-electron chi connectivity index (χ1n) is 5.89. The van der Waals surface area contributed by atoms with Crippen LogP contribution in [0.4, 0.5) is 0 Å². The van der Waals surface area contributed by atoms with Gasteiger partial charge in [0.1, 0.15) is 11.4 Å². The standard InChI is InChI=1S/C12H17NO5S/c1-17-12(6-7-18-9-12)8-13-19(15,16)11-4-2-10(14)3-5-11/h2-5,13-14H,6-9H2,1H3. The third-order valence-electron chi connectivity index (χ3n) is 3.23. The number of ether oxygens (including phenoxy) is 2. The molecule has 6 nitrogen and oxygen atoms in total. The Bertz CT molecular complexity index is 520. The van der Waals surface area contributed by atoms with Gasteiger partial charge in [-0.05, 0) is 24.3 Å². The number of hydrogen-bond acceptors (Lipinski definition) is 5. The number of phenolic OH excluding ortho intramolecular Hbond substituents is 1. The predicted octanol–water partition coefficient (Wildman–Crippen LogP) is 0.476. The van der Waals surface area contributed by atoms with Crippen LogP contribution in [0.2, 0.25) is 0 Å². The fraction of sp³-hybridized carbons (Fsp3) is 0.500. The fourth-order valence-corrected chi connectivity index (χ4v) is 3.01. The molecule has 1 atom stereocenters. The van der Waals surface area contributed by atoms with E-state index < -0.39 is 15.6 Å². The number of methoxy groups -OCH3 is 1. The molecule has 0 spiro atoms. The summed E-state index contributed by atoms with van der Waals surface area (Å²) >= 11 is 0. The number of nitrogens with one attached hydrogen (secondary N) is 1. The molecule has 7 heteroatoms. The van der Waals surface area contributed by atoms with E-state index in [1.54, 1.807) is 7.11 Å². The second-order valence-corrected chi connectivity index (χ2v) is 6.28. The van der Waals surface area contributed by atoms with Crippen LogP contribution in [0.15, 0.2) is 29.2 Å². The van der Waals surface area contributed by atoms with Gasteiger partial charge in [0.05, 0.1) is 11.5 Å². The zero-order chi connectivity index (χ0) is 13.9. The van der Waals surface area contributed by atoms with Gasteiger partial charge in [0.15, 0.2) is 0 Å². The van der Waals surface area contributed by atoms with Crippen LogP contribution in [0.25, 0.3) is 0 Å². The summed E-state index contributed by atoms with van der Waals surface area (Å²) in [6, 6.07) is 5.36. The van der Waals surface area contributed by atoms with Crippen LogP contribution in [0.1, 0.15) is 6.42 Å². The van der Waals surface area contributed by atoms with Gasteiger partial charge >= 0.3 is 0 Å². The van der Waals surface area contributed by atoms with Crippen molar-refractivity contribution >= 4 is 10.0 Å². The zero-order valence-corrected chi connectivity index (χ0v) is 11.4. The molecule has 0 aromatic heterocycles. The van der Waals surface area contributed by atoms with Gasteiger partial charge in [-0.1, -0.05) is 0 Å². The highest BCUT2D eigenvalue weighted by atomic mass is 32.2. The van der Waals surface area contributed by atoms with E-state index in [0.29, 0.717) is 19.6 Å². The first-order valence-corrected chi connectivity index (χ1v) is 7.37. The number of phenols is 1. The first kappa shape index (κ1) is 14.3. The molecule has 1 heterocycles. The molecule has 2 N–H and O–H groups in total. The Morgan fingerprint density at radius 2 is 2.11 bits per heavy atom. The quantitative estimate of drug-likeness (QED) is 0.822. The Morgan fingerprint density at radius 1 is 1.42 bits per heavy atom. The summed E-state index contributed by atoms with van der Waals surface area (Å²) in [5.41, 5.74) is -0.593. The van der Waals surface area contributed by atoms with E-state index in [9.17, 15) is 8.42 Å². The van der Waals surface area contributed by atoms with Gasteiger partial charge in [-0.25, -0.2) is 13.1 Å². The van der Waals surface area contributed by atoms with E-state index >= 15 is 0 Å². The van der Waals surface area contributed by atoms with Crippen LogP contribution in [0.5, 0.6) is 5.75 Å². The SMILES string of the molecule is COC1(CNS(=O)(=O)c2ccc(O)cc2)CCOC1. The number of rotatable bonds is 5. The smallest absolute Gasteiger partial charge is 0.240 e. The number of benzene rings is 1. The summed E-state index contributed by atoms with van der Waals surface area (Å²) in [5, 5.41) is 9.15. The van der Waals surface area contributed by atoms with E-state index in [1.807, 2.05) is 0 Å². The highest BCUT2D eigenvalue weighted by Crippen LogP contribution is 2.22. The van der Waals surface area contributed by atoms with E-state index in [1.165, 1.54) is 24.3 Å². The molecule has 0 aliphatic carbocycles. The van der Waals surface area contributed by atoms with E-state index in [4.69, 9.17) is 14.6 Å². The van der Waals surface area contributed by atoms with E-state index in [0.717, 1.165) is 0 Å². The van der Waals surface area contributed by atoms with Crippen molar-refractivity contribution in [1.82, 2.24) is 4.72 Å². The van der Waals surface area contributed by atoms with Crippen molar-refractivity contribution in [3.05, 3.63) is 24.3 Å². The number of hydrogen-bond donors (Lipinski definition) is 2. The lowest BCUT2D eigenvalue weighted by Gasteiger charge is -2.25. The summed E-state index contributed by atoms with van der Waals surface area (Å²) in [6.07, 6.45) is 0.654. The minimum Gasteiger partial charge on any atom is -0.508 e. The number of sulfonamides is 1. The monoisotopic (exact) mass is 287 g/mol. The molecule has 0 saturated carbocycles. The predicted molar refractivity (Wildman–Crippen MR) is 68.5 cm³/mol. The van der Waals surface area contributed by atoms with Crippen LogP contribution in [-0.2, 0) is 19.5 Å². The summed E-state index contributed by atoms with van der Waals surface area (Å²) in [6.45, 7) is 1.10. The van der Waals surface area contributed by atoms with Gasteiger partial charge in [0, 0.05) is 26.7 Å². The molecule has 0 radical (unpaired) electrons. The maximum absolute atomic E-state index is 12.1. The Labute approximate surface area is 112 Å². The second kappa shape index (κ2) is 5.46. The maximum atomic E-state index is 12.1. The molecule has 2 rings (SSSR count). The van der Waals surface area contributed by atoms with E-state index in [-0.39, 0.29) is 17.2 Å². The van der Waals surface area contributed by atoms with Crippen LogP contribution in [-0.4, -0.2) is 46.0 Å². The van der Waals surface area contributed by atoms with Crippen molar-refractivity contribution in [2.24, 2.45) is 0 Å². The minimum absolute atomic E-state index is 0.0245. The molecular weight excluding hydrogens is 270 g/mol. The van der Waals surface area contributed by atoms with Crippen molar-refractivity contribution < 1.29 is 23.0 Å². The summed E-state index contributed by atoms with van der Waals surface area (Å²) in [7, 11) is -2.06. The van der Waals surface area contributed by atoms with Crippen LogP contribution < -0.4 is 4.72 Å². The highest BCUT2D eigenvalue weighted by molar-refractivity contribution is 7.89. The summed E-state index contributed by atoms with van der Waals surface area (Å²) < 4.78 is 37.3. The minimum atomic E-state index is -3.61. The lowest BCUT2D eigenvalue weighted by molar-refractivity contribution is -0.0120. The van der Waals surface area contributed by atoms with Gasteiger partial charge in [0.2, 0.25) is 10.0 Å². The molecule has 1 unspecified atom stereocenters. The molecule has 1 aliphatic heterocycles. The molecule has 0 amide bonds. The number of aromatic hydroxyl groups is 1. The van der Waals surface area contributed by atoms with Crippen molar-refractivity contribution in [2.75, 3.05) is 26.9 Å². The van der Waals surface area contributed by atoms with Gasteiger partial charge in [0.25, 0.3) is 0 Å². The van der Waals surface area contributed by atoms with Crippen LogP contribution in [0, 0.1) is 0 Å². The van der Waals surface area contributed by atoms with Crippen molar-refractivity contribution in [2.45, 2.75) is 16.9 Å². The molecule has 1 aromatic rings. The van der Waals surface area contributed by atoms with Gasteiger partial charge in [-0.2, -0.15) is 0 Å². The third kappa shape index (κ3) is 3.24. The second-order valence-electron chi connectivity index (χ2n) is 4.51.